The Kier molecular flexibility index (Phi) is 8.45. The average Bonchev–Trinajstić information content (AvgIpc) is 3.04. The number of hydrogen-bond acceptors (Lipinski definition) is 6. The second kappa shape index (κ2) is 10.8. The maximum absolute atomic E-state index is 13.1. The number of nitrogens with zero attached hydrogens (tertiary/aromatic N) is 1. The fourth-order valence-electron chi connectivity index (χ4n) is 5.44. The number of hydrogen-bond donors (Lipinski definition) is 4. The molecule has 7 heteroatoms. The van der Waals surface area contributed by atoms with Crippen LogP contribution in [-0.4, -0.2) is 49.4 Å². The van der Waals surface area contributed by atoms with Gasteiger partial charge in [0.15, 0.2) is 0 Å². The first-order valence-electron chi connectivity index (χ1n) is 12.4. The van der Waals surface area contributed by atoms with Crippen LogP contribution in [0.3, 0.4) is 0 Å². The first-order chi connectivity index (χ1) is 16.0. The monoisotopic (exact) mass is 475 g/mol. The summed E-state index contributed by atoms with van der Waals surface area (Å²) in [6.45, 7) is 10.7. The second-order valence-electron chi connectivity index (χ2n) is 10.5. The summed E-state index contributed by atoms with van der Waals surface area (Å²) in [6.07, 6.45) is 4.00. The zero-order chi connectivity index (χ0) is 25.3. The number of allylic oxidation sites excluding steroid dienone is 1. The zero-order valence-electron chi connectivity index (χ0n) is 21.2. The molecule has 0 bridgehead atoms. The molecule has 0 aromatic carbocycles. The van der Waals surface area contributed by atoms with Gasteiger partial charge >= 0.3 is 0 Å². The van der Waals surface area contributed by atoms with E-state index < -0.39 is 30.3 Å². The topological polar surface area (TPSA) is 112 Å². The molecule has 0 radical (unpaired) electrons. The van der Waals surface area contributed by atoms with Crippen molar-refractivity contribution in [2.24, 2.45) is 18.9 Å². The van der Waals surface area contributed by atoms with Crippen LogP contribution in [0.5, 0.6) is 5.75 Å². The summed E-state index contributed by atoms with van der Waals surface area (Å²) in [5.74, 6) is 0.131. The number of aliphatic hydroxyl groups excluding tert-OH is 3. The lowest BCUT2D eigenvalue weighted by Crippen LogP contribution is -2.32. The fraction of sp³-hybridized carbons (Fsp3) is 0.667. The second-order valence-corrected chi connectivity index (χ2v) is 10.5. The van der Waals surface area contributed by atoms with E-state index in [-0.39, 0.29) is 29.4 Å². The number of pyridine rings is 1. The zero-order valence-corrected chi connectivity index (χ0v) is 21.2. The van der Waals surface area contributed by atoms with Crippen LogP contribution in [0.2, 0.25) is 0 Å². The van der Waals surface area contributed by atoms with Crippen molar-refractivity contribution in [3.8, 4) is 5.75 Å². The van der Waals surface area contributed by atoms with Crippen LogP contribution in [0.1, 0.15) is 83.5 Å². The Morgan fingerprint density at radius 2 is 1.94 bits per heavy atom. The third-order valence-electron chi connectivity index (χ3n) is 7.59. The van der Waals surface area contributed by atoms with E-state index in [1.54, 1.807) is 7.05 Å². The third kappa shape index (κ3) is 5.33. The van der Waals surface area contributed by atoms with Gasteiger partial charge in [0.1, 0.15) is 11.9 Å². The minimum Gasteiger partial charge on any atom is -0.507 e. The highest BCUT2D eigenvalue weighted by Crippen LogP contribution is 2.43. The van der Waals surface area contributed by atoms with Crippen molar-refractivity contribution in [2.75, 3.05) is 0 Å². The minimum absolute atomic E-state index is 0.0939. The van der Waals surface area contributed by atoms with Crippen LogP contribution in [-0.2, 0) is 11.8 Å². The van der Waals surface area contributed by atoms with Crippen molar-refractivity contribution < 1.29 is 25.2 Å². The molecule has 0 spiro atoms. The first-order valence-corrected chi connectivity index (χ1v) is 12.4. The highest BCUT2D eigenvalue weighted by Gasteiger charge is 2.43. The van der Waals surface area contributed by atoms with Gasteiger partial charge in [-0.1, -0.05) is 39.3 Å². The van der Waals surface area contributed by atoms with Gasteiger partial charge in [0.2, 0.25) is 0 Å². The SMILES string of the molecule is CCC(C)CC(C)/C=C(\C)C1OC(c2c(O)c(C3CC(O)C(O)C3O)cn(C)c2=O)CC=C1C. The predicted molar refractivity (Wildman–Crippen MR) is 132 cm³/mol. The Hall–Kier alpha value is -1.93. The molecule has 8 unspecified atom stereocenters. The molecule has 190 valence electrons. The molecule has 1 fully saturated rings. The smallest absolute Gasteiger partial charge is 0.259 e. The summed E-state index contributed by atoms with van der Waals surface area (Å²) in [5, 5.41) is 41.6. The van der Waals surface area contributed by atoms with Gasteiger partial charge in [-0.05, 0) is 56.1 Å². The van der Waals surface area contributed by atoms with Gasteiger partial charge < -0.3 is 29.7 Å². The molecule has 7 nitrogen and oxygen atoms in total. The molecule has 1 aliphatic carbocycles. The van der Waals surface area contributed by atoms with Crippen molar-refractivity contribution in [3.05, 3.63) is 51.0 Å². The standard InChI is InChI=1S/C27H41NO6/c1-7-14(2)10-15(3)11-17(5)26-16(4)8-9-21(34-26)22-23(30)19(13-28(6)27(22)33)18-12-20(29)25(32)24(18)31/h8,11,13-15,18,20-21,24-26,29-32H,7,9-10,12H2,1-6H3/b17-11+. The van der Waals surface area contributed by atoms with Crippen molar-refractivity contribution in [1.82, 2.24) is 4.57 Å². The summed E-state index contributed by atoms with van der Waals surface area (Å²) in [6, 6.07) is 0. The molecule has 2 heterocycles. The molecule has 34 heavy (non-hydrogen) atoms. The molecule has 2 aliphatic rings. The van der Waals surface area contributed by atoms with Gasteiger partial charge in [0.25, 0.3) is 5.56 Å². The van der Waals surface area contributed by atoms with E-state index in [0.717, 1.165) is 24.0 Å². The van der Waals surface area contributed by atoms with Crippen LogP contribution < -0.4 is 5.56 Å². The first kappa shape index (κ1) is 26.7. The lowest BCUT2D eigenvalue weighted by Gasteiger charge is -2.32. The number of aromatic nitrogens is 1. The van der Waals surface area contributed by atoms with Crippen molar-refractivity contribution >= 4 is 0 Å². The summed E-state index contributed by atoms with van der Waals surface area (Å²) >= 11 is 0. The summed E-state index contributed by atoms with van der Waals surface area (Å²) in [4.78, 5) is 13.1. The number of ether oxygens (including phenoxy) is 1. The van der Waals surface area contributed by atoms with Crippen molar-refractivity contribution in [3.63, 3.8) is 0 Å². The summed E-state index contributed by atoms with van der Waals surface area (Å²) in [7, 11) is 1.59. The molecule has 1 aromatic heterocycles. The molecule has 1 saturated carbocycles. The molecule has 1 aliphatic heterocycles. The number of aliphatic hydroxyl groups is 3. The van der Waals surface area contributed by atoms with Gasteiger partial charge in [0, 0.05) is 24.7 Å². The van der Waals surface area contributed by atoms with Crippen LogP contribution in [0.15, 0.2) is 34.3 Å². The maximum Gasteiger partial charge on any atom is 0.259 e. The van der Waals surface area contributed by atoms with E-state index in [0.29, 0.717) is 23.8 Å². The number of aryl methyl sites for hydroxylation is 1. The van der Waals surface area contributed by atoms with Crippen LogP contribution in [0.4, 0.5) is 0 Å². The van der Waals surface area contributed by atoms with Crippen molar-refractivity contribution in [1.29, 1.82) is 0 Å². The molecule has 8 atom stereocenters. The van der Waals surface area contributed by atoms with Gasteiger partial charge in [-0.25, -0.2) is 0 Å². The molecular weight excluding hydrogens is 434 g/mol. The Balaban J connectivity index is 1.93. The maximum atomic E-state index is 13.1. The van der Waals surface area contributed by atoms with E-state index in [9.17, 15) is 25.2 Å². The fourth-order valence-corrected chi connectivity index (χ4v) is 5.44. The van der Waals surface area contributed by atoms with Gasteiger partial charge in [0.05, 0.1) is 30.0 Å². The van der Waals surface area contributed by atoms with Crippen LogP contribution in [0.25, 0.3) is 0 Å². The van der Waals surface area contributed by atoms with Gasteiger partial charge in [-0.3, -0.25) is 4.79 Å². The number of aromatic hydroxyl groups is 1. The van der Waals surface area contributed by atoms with E-state index in [1.807, 2.05) is 13.8 Å². The molecular formula is C27H41NO6. The lowest BCUT2D eigenvalue weighted by atomic mass is 9.89. The Labute approximate surface area is 202 Å². The van der Waals surface area contributed by atoms with E-state index in [4.69, 9.17) is 4.74 Å². The molecule has 0 amide bonds. The molecule has 3 rings (SSSR count). The Morgan fingerprint density at radius 1 is 1.26 bits per heavy atom. The predicted octanol–water partition coefficient (Wildman–Crippen LogP) is 3.46. The largest absolute Gasteiger partial charge is 0.507 e. The molecule has 0 saturated heterocycles. The third-order valence-corrected chi connectivity index (χ3v) is 7.59. The normalized spacial score (nSPS) is 31.9. The molecule has 4 N–H and O–H groups in total. The van der Waals surface area contributed by atoms with E-state index in [1.165, 1.54) is 10.8 Å². The Morgan fingerprint density at radius 3 is 2.53 bits per heavy atom. The van der Waals surface area contributed by atoms with Crippen LogP contribution in [0, 0.1) is 11.8 Å². The highest BCUT2D eigenvalue weighted by molar-refractivity contribution is 5.44. The summed E-state index contributed by atoms with van der Waals surface area (Å²) in [5.41, 5.74) is 2.28. The quantitative estimate of drug-likeness (QED) is 0.450. The van der Waals surface area contributed by atoms with Gasteiger partial charge in [-0.15, -0.1) is 0 Å². The average molecular weight is 476 g/mol. The number of rotatable bonds is 7. The molecule has 1 aromatic rings. The summed E-state index contributed by atoms with van der Waals surface area (Å²) < 4.78 is 7.78. The highest BCUT2D eigenvalue weighted by atomic mass is 16.5. The Bertz CT molecular complexity index is 996. The van der Waals surface area contributed by atoms with Crippen LogP contribution >= 0.6 is 0 Å². The van der Waals surface area contributed by atoms with Crippen molar-refractivity contribution in [2.45, 2.75) is 96.7 Å². The van der Waals surface area contributed by atoms with E-state index in [2.05, 4.69) is 32.9 Å². The lowest BCUT2D eigenvalue weighted by molar-refractivity contribution is -0.0211. The van der Waals surface area contributed by atoms with E-state index >= 15 is 0 Å². The minimum atomic E-state index is -1.30. The van der Waals surface area contributed by atoms with Gasteiger partial charge in [-0.2, -0.15) is 0 Å².